The number of hydrogen-bond acceptors (Lipinski definition) is 5. The van der Waals surface area contributed by atoms with Crippen molar-refractivity contribution in [1.29, 1.82) is 0 Å². The van der Waals surface area contributed by atoms with Gasteiger partial charge in [0.15, 0.2) is 11.5 Å². The Morgan fingerprint density at radius 3 is 2.46 bits per heavy atom. The summed E-state index contributed by atoms with van der Waals surface area (Å²) >= 11 is 0. The monoisotopic (exact) mass is 387 g/mol. The van der Waals surface area contributed by atoms with E-state index in [0.717, 1.165) is 37.1 Å². The molecule has 28 heavy (non-hydrogen) atoms. The fraction of sp³-hybridized carbons (Fsp3) is 0.455. The van der Waals surface area contributed by atoms with Crippen LogP contribution < -0.4 is 14.2 Å². The number of nitrogens with zero attached hydrogens (tertiary/aromatic N) is 1. The van der Waals surface area contributed by atoms with Crippen molar-refractivity contribution in [3.63, 3.8) is 0 Å². The Morgan fingerprint density at radius 2 is 1.75 bits per heavy atom. The fourth-order valence-electron chi connectivity index (χ4n) is 3.92. The molecule has 2 aliphatic heterocycles. The van der Waals surface area contributed by atoms with Gasteiger partial charge in [-0.05, 0) is 43.5 Å². The number of fused-ring (bicyclic) bond motifs is 2. The number of rotatable bonds is 4. The van der Waals surface area contributed by atoms with Crippen LogP contribution in [0.25, 0.3) is 0 Å². The highest BCUT2D eigenvalue weighted by atomic mass is 19.1. The van der Waals surface area contributed by atoms with Crippen LogP contribution in [0.3, 0.4) is 0 Å². The normalized spacial score (nSPS) is 19.6. The molecule has 6 heteroatoms. The first-order valence-electron chi connectivity index (χ1n) is 9.71. The Bertz CT molecular complexity index is 836. The molecule has 2 aliphatic rings. The van der Waals surface area contributed by atoms with Crippen molar-refractivity contribution >= 4 is 0 Å². The molecule has 2 aromatic rings. The average molecular weight is 387 g/mol. The molecule has 1 fully saturated rings. The van der Waals surface area contributed by atoms with Gasteiger partial charge in [-0.1, -0.05) is 0 Å². The van der Waals surface area contributed by atoms with E-state index in [4.69, 9.17) is 18.9 Å². The maximum absolute atomic E-state index is 13.9. The molecule has 0 radical (unpaired) electrons. The molecular weight excluding hydrogens is 361 g/mol. The number of halogens is 1. The van der Waals surface area contributed by atoms with Crippen molar-refractivity contribution in [3.8, 4) is 23.0 Å². The Morgan fingerprint density at radius 1 is 1.00 bits per heavy atom. The second-order valence-corrected chi connectivity index (χ2v) is 7.33. The molecule has 1 atom stereocenters. The lowest BCUT2D eigenvalue weighted by Crippen LogP contribution is -2.35. The molecule has 5 nitrogen and oxygen atoms in total. The summed E-state index contributed by atoms with van der Waals surface area (Å²) in [6.07, 6.45) is 3.57. The van der Waals surface area contributed by atoms with Crippen molar-refractivity contribution in [2.24, 2.45) is 0 Å². The molecule has 0 N–H and O–H groups in total. The van der Waals surface area contributed by atoms with Gasteiger partial charge in [0.25, 0.3) is 0 Å². The number of ether oxygens (including phenoxy) is 4. The second kappa shape index (κ2) is 8.37. The highest BCUT2D eigenvalue weighted by Gasteiger charge is 2.24. The molecule has 2 heterocycles. The molecule has 0 saturated carbocycles. The third kappa shape index (κ3) is 4.08. The maximum Gasteiger partial charge on any atom is 0.164 e. The van der Waals surface area contributed by atoms with Gasteiger partial charge in [-0.2, -0.15) is 0 Å². The molecule has 1 saturated heterocycles. The maximum atomic E-state index is 13.9. The average Bonchev–Trinajstić information content (AvgIpc) is 2.70. The molecule has 0 aromatic heterocycles. The summed E-state index contributed by atoms with van der Waals surface area (Å²) in [5.74, 6) is 2.36. The Labute approximate surface area is 165 Å². The zero-order chi connectivity index (χ0) is 19.5. The van der Waals surface area contributed by atoms with Crippen LogP contribution in [-0.4, -0.2) is 38.4 Å². The largest absolute Gasteiger partial charge is 0.493 e. The summed E-state index contributed by atoms with van der Waals surface area (Å²) in [6.45, 7) is 2.87. The minimum absolute atomic E-state index is 0.203. The van der Waals surface area contributed by atoms with E-state index in [1.165, 1.54) is 12.5 Å². The van der Waals surface area contributed by atoms with Crippen molar-refractivity contribution in [2.45, 2.75) is 38.5 Å². The van der Waals surface area contributed by atoms with Gasteiger partial charge >= 0.3 is 0 Å². The van der Waals surface area contributed by atoms with Gasteiger partial charge in [-0.25, -0.2) is 4.39 Å². The quantitative estimate of drug-likeness (QED) is 0.771. The number of methoxy groups -OCH3 is 2. The lowest BCUT2D eigenvalue weighted by molar-refractivity contribution is -0.00918. The van der Waals surface area contributed by atoms with Crippen molar-refractivity contribution in [1.82, 2.24) is 4.90 Å². The van der Waals surface area contributed by atoms with Crippen LogP contribution in [0.4, 0.5) is 4.39 Å². The fourth-order valence-corrected chi connectivity index (χ4v) is 3.92. The van der Waals surface area contributed by atoms with Crippen LogP contribution in [0.15, 0.2) is 30.3 Å². The molecule has 4 rings (SSSR count). The Kier molecular flexibility index (Phi) is 5.69. The Balaban J connectivity index is 1.71. The molecular formula is C22H26FNO4. The van der Waals surface area contributed by atoms with Crippen LogP contribution in [0.1, 0.15) is 30.4 Å². The summed E-state index contributed by atoms with van der Waals surface area (Å²) in [5, 5.41) is 0. The first-order chi connectivity index (χ1) is 13.7. The highest BCUT2D eigenvalue weighted by Crippen LogP contribution is 2.40. The number of benzene rings is 2. The molecule has 1 unspecified atom stereocenters. The van der Waals surface area contributed by atoms with Crippen LogP contribution in [0, 0.1) is 5.82 Å². The van der Waals surface area contributed by atoms with Crippen LogP contribution in [0.5, 0.6) is 23.0 Å². The van der Waals surface area contributed by atoms with E-state index in [1.807, 2.05) is 12.1 Å². The van der Waals surface area contributed by atoms with Crippen molar-refractivity contribution in [2.75, 3.05) is 27.4 Å². The van der Waals surface area contributed by atoms with Gasteiger partial charge in [0, 0.05) is 43.4 Å². The van der Waals surface area contributed by atoms with Gasteiger partial charge in [0.05, 0.1) is 20.3 Å². The predicted molar refractivity (Wildman–Crippen MR) is 104 cm³/mol. The minimum atomic E-state index is -0.260. The highest BCUT2D eigenvalue weighted by molar-refractivity contribution is 5.53. The summed E-state index contributed by atoms with van der Waals surface area (Å²) < 4.78 is 36.9. The standard InChI is InChI=1S/C22H26FNO4/c1-25-21-10-16-13-24(14-18-5-3-4-8-27-18)12-15-9-17(23)6-7-19(15)28-20(16)11-22(21)26-2/h6-7,9-11,18H,3-5,8,12-14H2,1-2H3. The minimum Gasteiger partial charge on any atom is -0.493 e. The first-order valence-corrected chi connectivity index (χ1v) is 9.71. The zero-order valence-electron chi connectivity index (χ0n) is 16.4. The van der Waals surface area contributed by atoms with Gasteiger partial charge < -0.3 is 18.9 Å². The third-order valence-corrected chi connectivity index (χ3v) is 5.33. The predicted octanol–water partition coefficient (Wildman–Crippen LogP) is 4.52. The van der Waals surface area contributed by atoms with E-state index in [9.17, 15) is 4.39 Å². The third-order valence-electron chi connectivity index (χ3n) is 5.33. The van der Waals surface area contributed by atoms with E-state index in [2.05, 4.69) is 4.90 Å². The van der Waals surface area contributed by atoms with Crippen LogP contribution in [-0.2, 0) is 17.8 Å². The van der Waals surface area contributed by atoms with Crippen LogP contribution >= 0.6 is 0 Å². The number of hydrogen-bond donors (Lipinski definition) is 0. The molecule has 2 aromatic carbocycles. The summed E-state index contributed by atoms with van der Waals surface area (Å²) in [4.78, 5) is 2.29. The topological polar surface area (TPSA) is 40.2 Å². The van der Waals surface area contributed by atoms with E-state index < -0.39 is 0 Å². The smallest absolute Gasteiger partial charge is 0.164 e. The summed E-state index contributed by atoms with van der Waals surface area (Å²) in [7, 11) is 3.23. The summed E-state index contributed by atoms with van der Waals surface area (Å²) in [6, 6.07) is 8.45. The molecule has 0 spiro atoms. The van der Waals surface area contributed by atoms with Gasteiger partial charge in [-0.15, -0.1) is 0 Å². The van der Waals surface area contributed by atoms with E-state index in [-0.39, 0.29) is 11.9 Å². The lowest BCUT2D eigenvalue weighted by atomic mass is 10.1. The SMILES string of the molecule is COc1cc2c(cc1OC)Oc1ccc(F)cc1CN(CC1CCCCO1)C2. The van der Waals surface area contributed by atoms with E-state index in [1.54, 1.807) is 26.4 Å². The molecule has 0 amide bonds. The molecule has 150 valence electrons. The van der Waals surface area contributed by atoms with Gasteiger partial charge in [0.1, 0.15) is 17.3 Å². The van der Waals surface area contributed by atoms with Crippen LogP contribution in [0.2, 0.25) is 0 Å². The second-order valence-electron chi connectivity index (χ2n) is 7.33. The van der Waals surface area contributed by atoms with Crippen molar-refractivity contribution < 1.29 is 23.3 Å². The van der Waals surface area contributed by atoms with E-state index in [0.29, 0.717) is 36.1 Å². The van der Waals surface area contributed by atoms with E-state index >= 15 is 0 Å². The van der Waals surface area contributed by atoms with Gasteiger partial charge in [-0.3, -0.25) is 4.90 Å². The lowest BCUT2D eigenvalue weighted by Gasteiger charge is -2.32. The molecule has 0 bridgehead atoms. The van der Waals surface area contributed by atoms with Gasteiger partial charge in [0.2, 0.25) is 0 Å². The Hall–Kier alpha value is -2.31. The molecule has 0 aliphatic carbocycles. The summed E-state index contributed by atoms with van der Waals surface area (Å²) in [5.41, 5.74) is 1.83. The van der Waals surface area contributed by atoms with Crippen molar-refractivity contribution in [3.05, 3.63) is 47.3 Å². The first kappa shape index (κ1) is 19.0. The zero-order valence-corrected chi connectivity index (χ0v) is 16.4.